The van der Waals surface area contributed by atoms with Gasteiger partial charge in [-0.25, -0.2) is 4.39 Å². The summed E-state index contributed by atoms with van der Waals surface area (Å²) in [6.07, 6.45) is 4.00. The molecule has 184 valence electrons. The topological polar surface area (TPSA) is 67.9 Å². The summed E-state index contributed by atoms with van der Waals surface area (Å²) >= 11 is 1.47. The van der Waals surface area contributed by atoms with Crippen molar-refractivity contribution in [2.75, 3.05) is 19.1 Å². The van der Waals surface area contributed by atoms with Crippen molar-refractivity contribution in [2.24, 2.45) is 0 Å². The number of amides is 2. The van der Waals surface area contributed by atoms with Crippen LogP contribution in [-0.2, 0) is 16.0 Å². The van der Waals surface area contributed by atoms with Crippen LogP contribution in [0.1, 0.15) is 42.2 Å². The number of methoxy groups -OCH3 is 2. The van der Waals surface area contributed by atoms with Gasteiger partial charge in [-0.1, -0.05) is 31.0 Å². The summed E-state index contributed by atoms with van der Waals surface area (Å²) in [6.45, 7) is 0. The van der Waals surface area contributed by atoms with Crippen molar-refractivity contribution in [3.05, 3.63) is 76.2 Å². The van der Waals surface area contributed by atoms with Crippen LogP contribution in [0.25, 0.3) is 0 Å². The monoisotopic (exact) mass is 496 g/mol. The lowest BCUT2D eigenvalue weighted by molar-refractivity contribution is -0.127. The maximum absolute atomic E-state index is 13.9. The highest BCUT2D eigenvalue weighted by Crippen LogP contribution is 2.39. The van der Waals surface area contributed by atoms with E-state index in [2.05, 4.69) is 5.32 Å². The molecule has 0 bridgehead atoms. The zero-order valence-corrected chi connectivity index (χ0v) is 20.6. The summed E-state index contributed by atoms with van der Waals surface area (Å²) in [5.74, 6) is -0.195. The number of rotatable bonds is 9. The van der Waals surface area contributed by atoms with Gasteiger partial charge in [0.15, 0.2) is 11.5 Å². The van der Waals surface area contributed by atoms with E-state index < -0.39 is 11.9 Å². The van der Waals surface area contributed by atoms with E-state index in [-0.39, 0.29) is 24.3 Å². The number of hydrogen-bond donors (Lipinski definition) is 1. The first-order valence-corrected chi connectivity index (χ1v) is 12.5. The van der Waals surface area contributed by atoms with Crippen molar-refractivity contribution >= 4 is 28.8 Å². The number of thiophene rings is 1. The van der Waals surface area contributed by atoms with Crippen molar-refractivity contribution in [3.63, 3.8) is 0 Å². The molecule has 6 nitrogen and oxygen atoms in total. The van der Waals surface area contributed by atoms with Gasteiger partial charge < -0.3 is 14.8 Å². The van der Waals surface area contributed by atoms with Gasteiger partial charge in [0, 0.05) is 22.2 Å². The Kier molecular flexibility index (Phi) is 8.02. The Balaban J connectivity index is 1.84. The van der Waals surface area contributed by atoms with E-state index in [1.807, 2.05) is 17.5 Å². The van der Waals surface area contributed by atoms with E-state index in [1.165, 1.54) is 54.7 Å². The lowest BCUT2D eigenvalue weighted by Crippen LogP contribution is -2.47. The fraction of sp³-hybridized carbons (Fsp3) is 0.333. The van der Waals surface area contributed by atoms with Crippen LogP contribution in [0.3, 0.4) is 0 Å². The molecule has 1 N–H and O–H groups in total. The molecular weight excluding hydrogens is 467 g/mol. The Labute approximate surface area is 208 Å². The minimum Gasteiger partial charge on any atom is -0.493 e. The van der Waals surface area contributed by atoms with Gasteiger partial charge in [0.1, 0.15) is 11.9 Å². The Hall–Kier alpha value is -3.39. The molecule has 1 aliphatic carbocycles. The molecule has 0 radical (unpaired) electrons. The molecule has 2 amide bonds. The third-order valence-corrected chi connectivity index (χ3v) is 7.09. The molecule has 1 fully saturated rings. The molecule has 1 heterocycles. The number of nitrogens with zero attached hydrogens (tertiary/aromatic N) is 1. The van der Waals surface area contributed by atoms with Gasteiger partial charge in [-0.15, -0.1) is 11.3 Å². The molecule has 0 spiro atoms. The van der Waals surface area contributed by atoms with Gasteiger partial charge in [0.2, 0.25) is 11.8 Å². The molecular formula is C27H29FN2O4S. The highest BCUT2D eigenvalue weighted by atomic mass is 32.1. The lowest BCUT2D eigenvalue weighted by atomic mass is 10.00. The number of benzene rings is 2. The smallest absolute Gasteiger partial charge is 0.248 e. The van der Waals surface area contributed by atoms with Crippen LogP contribution in [0.5, 0.6) is 11.5 Å². The van der Waals surface area contributed by atoms with E-state index in [0.29, 0.717) is 22.7 Å². The summed E-state index contributed by atoms with van der Waals surface area (Å²) < 4.78 is 24.9. The first kappa shape index (κ1) is 24.7. The number of carbonyl (C=O) groups is 2. The molecule has 0 saturated heterocycles. The van der Waals surface area contributed by atoms with Crippen molar-refractivity contribution in [3.8, 4) is 11.5 Å². The number of halogens is 1. The molecule has 3 aromatic rings. The molecule has 35 heavy (non-hydrogen) atoms. The number of hydrogen-bond acceptors (Lipinski definition) is 5. The molecule has 0 aliphatic heterocycles. The zero-order valence-electron chi connectivity index (χ0n) is 19.8. The van der Waals surface area contributed by atoms with Crippen LogP contribution >= 0.6 is 11.3 Å². The minimum atomic E-state index is -1.04. The first-order valence-electron chi connectivity index (χ1n) is 11.6. The second-order valence-electron chi connectivity index (χ2n) is 8.47. The average Bonchev–Trinajstić information content (AvgIpc) is 3.57. The van der Waals surface area contributed by atoms with Crippen LogP contribution in [0, 0.1) is 5.82 Å². The summed E-state index contributed by atoms with van der Waals surface area (Å²) in [5, 5.41) is 5.04. The van der Waals surface area contributed by atoms with Crippen molar-refractivity contribution in [1.82, 2.24) is 5.32 Å². The van der Waals surface area contributed by atoms with Crippen molar-refractivity contribution in [1.29, 1.82) is 0 Å². The summed E-state index contributed by atoms with van der Waals surface area (Å²) in [7, 11) is 3.03. The van der Waals surface area contributed by atoms with Gasteiger partial charge in [-0.2, -0.15) is 0 Å². The molecule has 1 saturated carbocycles. The van der Waals surface area contributed by atoms with Crippen molar-refractivity contribution < 1.29 is 23.5 Å². The van der Waals surface area contributed by atoms with Crippen molar-refractivity contribution in [2.45, 2.75) is 44.2 Å². The number of anilines is 1. The third kappa shape index (κ3) is 5.65. The Morgan fingerprint density at radius 3 is 2.43 bits per heavy atom. The number of carbonyl (C=O) groups excluding carboxylic acids is 2. The Bertz CT molecular complexity index is 1140. The van der Waals surface area contributed by atoms with Gasteiger partial charge in [-0.3, -0.25) is 14.5 Å². The van der Waals surface area contributed by atoms with Crippen LogP contribution in [0.4, 0.5) is 10.1 Å². The standard InChI is InChI=1S/C27H29FN2O4S/c1-33-23-11-5-10-22(26(23)34-2)25(27(32)29-19-7-3-4-8-19)30(20-14-12-18(28)13-15-20)24(31)17-21-9-6-16-35-21/h5-6,9-16,19,25H,3-4,7-8,17H2,1-2H3,(H,29,32)/t25-/m0/s1. The second kappa shape index (κ2) is 11.4. The molecule has 1 aromatic heterocycles. The summed E-state index contributed by atoms with van der Waals surface area (Å²) in [5.41, 5.74) is 0.913. The lowest BCUT2D eigenvalue weighted by Gasteiger charge is -2.33. The predicted molar refractivity (Wildman–Crippen MR) is 135 cm³/mol. The fourth-order valence-corrected chi connectivity index (χ4v) is 5.26. The average molecular weight is 497 g/mol. The maximum atomic E-state index is 13.9. The molecule has 8 heteroatoms. The quantitative estimate of drug-likeness (QED) is 0.438. The predicted octanol–water partition coefficient (Wildman–Crippen LogP) is 5.28. The highest BCUT2D eigenvalue weighted by Gasteiger charge is 2.37. The number of nitrogens with one attached hydrogen (secondary N) is 1. The van der Waals surface area contributed by atoms with E-state index in [9.17, 15) is 14.0 Å². The molecule has 1 atom stereocenters. The van der Waals surface area contributed by atoms with Gasteiger partial charge in [0.25, 0.3) is 0 Å². The number of para-hydroxylation sites is 1. The minimum absolute atomic E-state index is 0.0454. The van der Waals surface area contributed by atoms with E-state index in [1.54, 1.807) is 18.2 Å². The second-order valence-corrected chi connectivity index (χ2v) is 9.50. The van der Waals surface area contributed by atoms with Gasteiger partial charge in [0.05, 0.1) is 20.6 Å². The van der Waals surface area contributed by atoms with E-state index in [0.717, 1.165) is 30.6 Å². The first-order chi connectivity index (χ1) is 17.0. The largest absolute Gasteiger partial charge is 0.493 e. The molecule has 4 rings (SSSR count). The SMILES string of the molecule is COc1cccc([C@@H](C(=O)NC2CCCC2)N(C(=O)Cc2cccs2)c2ccc(F)cc2)c1OC. The zero-order chi connectivity index (χ0) is 24.8. The summed E-state index contributed by atoms with van der Waals surface area (Å²) in [4.78, 5) is 30.0. The van der Waals surface area contributed by atoms with E-state index >= 15 is 0 Å². The van der Waals surface area contributed by atoms with Crippen LogP contribution in [-0.4, -0.2) is 32.1 Å². The highest BCUT2D eigenvalue weighted by molar-refractivity contribution is 7.10. The summed E-state index contributed by atoms with van der Waals surface area (Å²) in [6, 6.07) is 13.6. The van der Waals surface area contributed by atoms with Gasteiger partial charge in [-0.05, 0) is 54.6 Å². The normalized spacial score (nSPS) is 14.4. The molecule has 1 aliphatic rings. The Morgan fingerprint density at radius 1 is 1.06 bits per heavy atom. The maximum Gasteiger partial charge on any atom is 0.248 e. The molecule has 0 unspecified atom stereocenters. The van der Waals surface area contributed by atoms with E-state index in [4.69, 9.17) is 9.47 Å². The Morgan fingerprint density at radius 2 is 1.80 bits per heavy atom. The third-order valence-electron chi connectivity index (χ3n) is 6.22. The van der Waals surface area contributed by atoms with Gasteiger partial charge >= 0.3 is 0 Å². The fourth-order valence-electron chi connectivity index (χ4n) is 4.56. The van der Waals surface area contributed by atoms with Crippen LogP contribution in [0.15, 0.2) is 60.0 Å². The van der Waals surface area contributed by atoms with Crippen LogP contribution < -0.4 is 19.7 Å². The molecule has 2 aromatic carbocycles. The van der Waals surface area contributed by atoms with Crippen LogP contribution in [0.2, 0.25) is 0 Å². The number of ether oxygens (including phenoxy) is 2.